The fourth-order valence-electron chi connectivity index (χ4n) is 4.87. The van der Waals surface area contributed by atoms with Crippen molar-refractivity contribution in [2.45, 2.75) is 5.54 Å². The van der Waals surface area contributed by atoms with Gasteiger partial charge in [-0.25, -0.2) is 4.90 Å². The second-order valence-electron chi connectivity index (χ2n) is 8.07. The molecule has 0 saturated carbocycles. The molecule has 0 spiro atoms. The fraction of sp³-hybridized carbons (Fsp3) is 0.269. The molecular formula is C26H29IN2O2. The average molecular weight is 528 g/mol. The van der Waals surface area contributed by atoms with Crippen LogP contribution in [0.3, 0.4) is 0 Å². The molecule has 1 heterocycles. The van der Waals surface area contributed by atoms with E-state index in [2.05, 4.69) is 103 Å². The number of nitrogens with zero attached hydrogens (tertiary/aromatic N) is 1. The van der Waals surface area contributed by atoms with Gasteiger partial charge in [0.05, 0.1) is 20.7 Å². The number of benzene rings is 3. The average Bonchev–Trinajstić information content (AvgIpc) is 2.81. The van der Waals surface area contributed by atoms with Crippen molar-refractivity contribution in [3.05, 3.63) is 108 Å². The number of quaternary nitrogens is 1. The Kier molecular flexibility index (Phi) is 7.86. The molecule has 31 heavy (non-hydrogen) atoms. The molecule has 162 valence electrons. The normalized spacial score (nSPS) is 19.3. The van der Waals surface area contributed by atoms with Crippen molar-refractivity contribution in [1.29, 1.82) is 0 Å². The molecule has 1 fully saturated rings. The molecule has 0 aliphatic carbocycles. The van der Waals surface area contributed by atoms with Gasteiger partial charge in [-0.1, -0.05) is 91.0 Å². The Hall–Kier alpha value is -2.22. The lowest BCUT2D eigenvalue weighted by molar-refractivity contribution is -0.900. The zero-order valence-electron chi connectivity index (χ0n) is 18.0. The first-order chi connectivity index (χ1) is 14.7. The largest absolute Gasteiger partial charge is 1.00 e. The Balaban J connectivity index is 0.00000272. The third-order valence-electron chi connectivity index (χ3n) is 6.08. The minimum atomic E-state index is -0.502. The molecule has 4 nitrogen and oxygen atoms in total. The van der Waals surface area contributed by atoms with Gasteiger partial charge in [0.1, 0.15) is 18.1 Å². The van der Waals surface area contributed by atoms with Gasteiger partial charge in [-0.05, 0) is 16.7 Å². The number of esters is 1. The second-order valence-corrected chi connectivity index (χ2v) is 8.07. The summed E-state index contributed by atoms with van der Waals surface area (Å²) >= 11 is 0. The summed E-state index contributed by atoms with van der Waals surface area (Å²) in [7, 11) is 3.63. The number of ether oxygens (including phenoxy) is 1. The topological polar surface area (TPSA) is 34.0 Å². The van der Waals surface area contributed by atoms with Crippen LogP contribution in [-0.2, 0) is 15.1 Å². The Bertz CT molecular complexity index is 870. The first-order valence-electron chi connectivity index (χ1n) is 10.5. The molecular weight excluding hydrogens is 499 g/mol. The van der Waals surface area contributed by atoms with Crippen LogP contribution in [0.2, 0.25) is 0 Å². The molecule has 0 amide bonds. The third-order valence-corrected chi connectivity index (χ3v) is 6.08. The molecule has 3 aromatic carbocycles. The Morgan fingerprint density at radius 2 is 1.29 bits per heavy atom. The van der Waals surface area contributed by atoms with Gasteiger partial charge < -0.3 is 33.6 Å². The number of halogens is 1. The van der Waals surface area contributed by atoms with Crippen LogP contribution in [0.1, 0.15) is 16.7 Å². The number of methoxy groups -OCH3 is 1. The van der Waals surface area contributed by atoms with Gasteiger partial charge in [0, 0.05) is 6.54 Å². The SMILES string of the molecule is COC(=O)C1CN(C(c2ccccc2)(c2ccccc2)c2ccccc2)C[NH+](C)C1.[I-]. The molecule has 2 atom stereocenters. The maximum Gasteiger partial charge on any atom is 0.315 e. The van der Waals surface area contributed by atoms with E-state index >= 15 is 0 Å². The van der Waals surface area contributed by atoms with Crippen LogP contribution < -0.4 is 28.9 Å². The van der Waals surface area contributed by atoms with E-state index in [-0.39, 0.29) is 35.9 Å². The van der Waals surface area contributed by atoms with Gasteiger partial charge in [0.25, 0.3) is 0 Å². The summed E-state index contributed by atoms with van der Waals surface area (Å²) in [5.74, 6) is -0.304. The van der Waals surface area contributed by atoms with Crippen LogP contribution >= 0.6 is 0 Å². The predicted octanol–water partition coefficient (Wildman–Crippen LogP) is -0.440. The summed E-state index contributed by atoms with van der Waals surface area (Å²) in [5.41, 5.74) is 3.08. The number of carbonyl (C=O) groups is 1. The lowest BCUT2D eigenvalue weighted by atomic mass is 9.75. The van der Waals surface area contributed by atoms with Crippen molar-refractivity contribution in [3.63, 3.8) is 0 Å². The van der Waals surface area contributed by atoms with E-state index in [1.54, 1.807) is 0 Å². The molecule has 5 heteroatoms. The minimum absolute atomic E-state index is 0. The molecule has 1 saturated heterocycles. The molecule has 4 rings (SSSR count). The first-order valence-corrected chi connectivity index (χ1v) is 10.5. The van der Waals surface area contributed by atoms with Gasteiger partial charge in [0.2, 0.25) is 0 Å². The zero-order chi connectivity index (χ0) is 21.0. The van der Waals surface area contributed by atoms with Crippen molar-refractivity contribution >= 4 is 5.97 Å². The lowest BCUT2D eigenvalue weighted by Gasteiger charge is -2.48. The smallest absolute Gasteiger partial charge is 0.315 e. The van der Waals surface area contributed by atoms with Crippen LogP contribution in [0.4, 0.5) is 0 Å². The molecule has 1 aliphatic heterocycles. The van der Waals surface area contributed by atoms with Crippen molar-refractivity contribution in [1.82, 2.24) is 4.90 Å². The van der Waals surface area contributed by atoms with Crippen molar-refractivity contribution < 1.29 is 38.4 Å². The van der Waals surface area contributed by atoms with E-state index in [0.29, 0.717) is 6.54 Å². The summed E-state index contributed by atoms with van der Waals surface area (Å²) < 4.78 is 5.14. The maximum absolute atomic E-state index is 12.5. The highest BCUT2D eigenvalue weighted by molar-refractivity contribution is 5.72. The molecule has 0 aromatic heterocycles. The maximum atomic E-state index is 12.5. The van der Waals surface area contributed by atoms with Gasteiger partial charge in [-0.15, -0.1) is 0 Å². The highest BCUT2D eigenvalue weighted by Gasteiger charge is 2.47. The minimum Gasteiger partial charge on any atom is -1.00 e. The summed E-state index contributed by atoms with van der Waals surface area (Å²) in [5, 5.41) is 0. The number of hydrogen-bond donors (Lipinski definition) is 1. The summed E-state index contributed by atoms with van der Waals surface area (Å²) in [6, 6.07) is 31.9. The van der Waals surface area contributed by atoms with Gasteiger partial charge in [-0.2, -0.15) is 0 Å². The Labute approximate surface area is 201 Å². The van der Waals surface area contributed by atoms with E-state index in [0.717, 1.165) is 13.2 Å². The number of carbonyl (C=O) groups excluding carboxylic acids is 1. The van der Waals surface area contributed by atoms with Gasteiger partial charge in [-0.3, -0.25) is 4.79 Å². The van der Waals surface area contributed by atoms with E-state index in [9.17, 15) is 4.79 Å². The molecule has 1 N–H and O–H groups in total. The van der Waals surface area contributed by atoms with Gasteiger partial charge in [0.15, 0.2) is 0 Å². The summed E-state index contributed by atoms with van der Waals surface area (Å²) in [6.07, 6.45) is 0. The summed E-state index contributed by atoms with van der Waals surface area (Å²) in [4.78, 5) is 16.3. The van der Waals surface area contributed by atoms with Crippen LogP contribution in [0, 0.1) is 5.92 Å². The highest BCUT2D eigenvalue weighted by atomic mass is 127. The van der Waals surface area contributed by atoms with E-state index in [1.165, 1.54) is 28.7 Å². The lowest BCUT2D eigenvalue weighted by Crippen LogP contribution is -3.13. The molecule has 0 radical (unpaired) electrons. The monoisotopic (exact) mass is 528 g/mol. The number of hydrogen-bond acceptors (Lipinski definition) is 3. The Morgan fingerprint density at radius 1 is 0.871 bits per heavy atom. The van der Waals surface area contributed by atoms with E-state index in [1.807, 2.05) is 0 Å². The zero-order valence-corrected chi connectivity index (χ0v) is 20.2. The Morgan fingerprint density at radius 3 is 1.68 bits per heavy atom. The van der Waals surface area contributed by atoms with Crippen LogP contribution in [0.25, 0.3) is 0 Å². The summed E-state index contributed by atoms with van der Waals surface area (Å²) in [6.45, 7) is 2.24. The number of rotatable bonds is 5. The predicted molar refractivity (Wildman–Crippen MR) is 118 cm³/mol. The quantitative estimate of drug-likeness (QED) is 0.277. The highest BCUT2D eigenvalue weighted by Crippen LogP contribution is 2.42. The van der Waals surface area contributed by atoms with E-state index < -0.39 is 5.54 Å². The molecule has 1 aliphatic rings. The van der Waals surface area contributed by atoms with Gasteiger partial charge >= 0.3 is 5.97 Å². The molecule has 3 aromatic rings. The number of nitrogens with one attached hydrogen (secondary N) is 1. The van der Waals surface area contributed by atoms with Crippen LogP contribution in [-0.4, -0.2) is 44.8 Å². The van der Waals surface area contributed by atoms with Crippen molar-refractivity contribution in [2.75, 3.05) is 33.9 Å². The standard InChI is InChI=1S/C26H28N2O2.HI/c1-27-18-21(25(29)30-2)19-28(20-27)26(22-12-6-3-7-13-22,23-14-8-4-9-15-23)24-16-10-5-11-17-24;/h3-17,21H,18-20H2,1-2H3;1H. The molecule has 0 bridgehead atoms. The third kappa shape index (κ3) is 4.54. The van der Waals surface area contributed by atoms with Crippen LogP contribution in [0.15, 0.2) is 91.0 Å². The van der Waals surface area contributed by atoms with Crippen molar-refractivity contribution in [3.8, 4) is 0 Å². The van der Waals surface area contributed by atoms with E-state index in [4.69, 9.17) is 4.74 Å². The second kappa shape index (κ2) is 10.4. The molecule has 2 unspecified atom stereocenters. The fourth-order valence-corrected chi connectivity index (χ4v) is 4.87. The first kappa shape index (κ1) is 23.4. The van der Waals surface area contributed by atoms with Crippen LogP contribution in [0.5, 0.6) is 0 Å². The van der Waals surface area contributed by atoms with Crippen molar-refractivity contribution in [2.24, 2.45) is 5.92 Å².